The van der Waals surface area contributed by atoms with Crippen LogP contribution in [0.2, 0.25) is 5.02 Å². The van der Waals surface area contributed by atoms with Crippen molar-refractivity contribution in [2.75, 3.05) is 39.3 Å². The summed E-state index contributed by atoms with van der Waals surface area (Å²) < 4.78 is 35.4. The lowest BCUT2D eigenvalue weighted by atomic mass is 10.1. The summed E-state index contributed by atoms with van der Waals surface area (Å²) in [5, 5.41) is 12.2. The monoisotopic (exact) mass is 574 g/mol. The third-order valence-electron chi connectivity index (χ3n) is 7.72. The topological polar surface area (TPSA) is 87.0 Å². The maximum Gasteiger partial charge on any atom is 0.271 e. The summed E-state index contributed by atoms with van der Waals surface area (Å²) in [6.07, 6.45) is 4.72. The van der Waals surface area contributed by atoms with Crippen molar-refractivity contribution in [1.82, 2.24) is 19.9 Å². The number of aliphatic hydroxyl groups excluding tert-OH is 1. The van der Waals surface area contributed by atoms with E-state index in [2.05, 4.69) is 5.43 Å². The van der Waals surface area contributed by atoms with Crippen LogP contribution >= 0.6 is 11.6 Å². The van der Waals surface area contributed by atoms with Gasteiger partial charge in [-0.2, -0.15) is 0 Å². The number of rotatable bonds is 8. The molecule has 214 valence electrons. The molecule has 5 rings (SSSR count). The molecule has 0 unspecified atom stereocenters. The van der Waals surface area contributed by atoms with E-state index in [0.717, 1.165) is 31.7 Å². The Bertz CT molecular complexity index is 1450. The number of hydrogen-bond donors (Lipinski definition) is 2. The Morgan fingerprint density at radius 1 is 1.12 bits per heavy atom. The molecule has 1 atom stereocenters. The SMILES string of the molecule is Cc1ccc(OC[C@H](O)CN2CCN(NC(=O)c3cn(C4CCCC4)c4cc(Cl)c(F)cc4c3=O)CC2)cc1F. The van der Waals surface area contributed by atoms with Crippen LogP contribution in [-0.4, -0.2) is 70.9 Å². The molecular weight excluding hydrogens is 542 g/mol. The number of benzene rings is 2. The van der Waals surface area contributed by atoms with E-state index in [9.17, 15) is 23.5 Å². The van der Waals surface area contributed by atoms with E-state index in [0.29, 0.717) is 49.6 Å². The number of hydrazine groups is 1. The number of halogens is 3. The zero-order chi connectivity index (χ0) is 28.4. The molecule has 1 saturated carbocycles. The third-order valence-corrected chi connectivity index (χ3v) is 8.01. The van der Waals surface area contributed by atoms with Crippen molar-refractivity contribution in [2.45, 2.75) is 44.8 Å². The van der Waals surface area contributed by atoms with Crippen molar-refractivity contribution in [2.24, 2.45) is 0 Å². The van der Waals surface area contributed by atoms with Crippen LogP contribution in [0.4, 0.5) is 8.78 Å². The second kappa shape index (κ2) is 12.2. The van der Waals surface area contributed by atoms with Crippen LogP contribution in [-0.2, 0) is 0 Å². The van der Waals surface area contributed by atoms with Gasteiger partial charge in [-0.05, 0) is 43.5 Å². The normalized spacial score (nSPS) is 17.8. The Morgan fingerprint density at radius 2 is 1.85 bits per heavy atom. The number of aryl methyl sites for hydroxylation is 1. The van der Waals surface area contributed by atoms with E-state index in [1.165, 1.54) is 12.1 Å². The molecule has 2 aromatic carbocycles. The fourth-order valence-electron chi connectivity index (χ4n) is 5.44. The molecule has 1 aliphatic heterocycles. The third kappa shape index (κ3) is 6.30. The first-order chi connectivity index (χ1) is 19.2. The summed E-state index contributed by atoms with van der Waals surface area (Å²) in [6.45, 7) is 4.17. The molecule has 1 amide bonds. The first kappa shape index (κ1) is 28.5. The van der Waals surface area contributed by atoms with E-state index in [1.54, 1.807) is 30.3 Å². The lowest BCUT2D eigenvalue weighted by molar-refractivity contribution is 0.0316. The number of carbonyl (C=O) groups excluding carboxylic acids is 1. The van der Waals surface area contributed by atoms with Crippen molar-refractivity contribution in [1.29, 1.82) is 0 Å². The molecular formula is C29H33ClF2N4O4. The Labute approximate surface area is 236 Å². The van der Waals surface area contributed by atoms with E-state index >= 15 is 0 Å². The second-order valence-electron chi connectivity index (χ2n) is 10.6. The Kier molecular flexibility index (Phi) is 8.70. The highest BCUT2D eigenvalue weighted by Gasteiger charge is 2.26. The summed E-state index contributed by atoms with van der Waals surface area (Å²) in [5.74, 6) is -1.23. The van der Waals surface area contributed by atoms with Crippen LogP contribution in [0.15, 0.2) is 41.3 Å². The highest BCUT2D eigenvalue weighted by molar-refractivity contribution is 6.31. The number of ether oxygens (including phenoxy) is 1. The Hall–Kier alpha value is -3.05. The number of nitrogens with one attached hydrogen (secondary N) is 1. The highest BCUT2D eigenvalue weighted by atomic mass is 35.5. The van der Waals surface area contributed by atoms with E-state index in [1.807, 2.05) is 9.47 Å². The number of β-amino-alcohol motifs (C(OH)–C–C–N with tert-alkyl or cyclic N) is 1. The van der Waals surface area contributed by atoms with Gasteiger partial charge in [0.05, 0.1) is 10.5 Å². The summed E-state index contributed by atoms with van der Waals surface area (Å²) in [7, 11) is 0. The first-order valence-electron chi connectivity index (χ1n) is 13.6. The molecule has 2 aliphatic rings. The van der Waals surface area contributed by atoms with Gasteiger partial charge >= 0.3 is 0 Å². The maximum absolute atomic E-state index is 14.3. The molecule has 11 heteroatoms. The fraction of sp³-hybridized carbons (Fsp3) is 0.448. The van der Waals surface area contributed by atoms with Gasteiger partial charge in [-0.15, -0.1) is 0 Å². The second-order valence-corrected chi connectivity index (χ2v) is 11.0. The fourth-order valence-corrected chi connectivity index (χ4v) is 5.60. The minimum atomic E-state index is -0.772. The van der Waals surface area contributed by atoms with Crippen LogP contribution in [0.5, 0.6) is 5.75 Å². The standard InChI is InChI=1S/C29H33ClF2N4O4/c1-18-6-7-21(12-25(18)31)40-17-20(37)15-34-8-10-35(11-9-34)33-29(39)23-16-36(19-4-2-3-5-19)27-14-24(30)26(32)13-22(27)28(23)38/h6-7,12-14,16,19-20,37H,2-5,8-11,15,17H2,1H3,(H,33,39)/t20-/m1/s1. The predicted octanol–water partition coefficient (Wildman–Crippen LogP) is 4.06. The van der Waals surface area contributed by atoms with Crippen molar-refractivity contribution in [3.05, 3.63) is 74.5 Å². The molecule has 1 saturated heterocycles. The summed E-state index contributed by atoms with van der Waals surface area (Å²) in [4.78, 5) is 28.5. The van der Waals surface area contributed by atoms with Crippen LogP contribution in [0.1, 0.15) is 47.6 Å². The Balaban J connectivity index is 1.20. The van der Waals surface area contributed by atoms with E-state index in [4.69, 9.17) is 16.3 Å². The number of aliphatic hydroxyl groups is 1. The molecule has 2 fully saturated rings. The van der Waals surface area contributed by atoms with Crippen molar-refractivity contribution in [3.63, 3.8) is 0 Å². The van der Waals surface area contributed by atoms with Crippen molar-refractivity contribution in [3.8, 4) is 5.75 Å². The van der Waals surface area contributed by atoms with Crippen molar-refractivity contribution < 1.29 is 23.4 Å². The minimum Gasteiger partial charge on any atom is -0.491 e. The van der Waals surface area contributed by atoms with Crippen LogP contribution in [0, 0.1) is 18.6 Å². The molecule has 0 bridgehead atoms. The van der Waals surface area contributed by atoms with Gasteiger partial charge < -0.3 is 14.4 Å². The molecule has 2 heterocycles. The average molecular weight is 575 g/mol. The quantitative estimate of drug-likeness (QED) is 0.422. The number of fused-ring (bicyclic) bond motifs is 1. The van der Waals surface area contributed by atoms with E-state index < -0.39 is 23.3 Å². The largest absolute Gasteiger partial charge is 0.491 e. The number of piperazine rings is 1. The summed E-state index contributed by atoms with van der Waals surface area (Å²) >= 11 is 6.03. The summed E-state index contributed by atoms with van der Waals surface area (Å²) in [5.41, 5.74) is 3.31. The van der Waals surface area contributed by atoms with Gasteiger partial charge in [-0.25, -0.2) is 13.8 Å². The van der Waals surface area contributed by atoms with Gasteiger partial charge in [0.25, 0.3) is 5.91 Å². The van der Waals surface area contributed by atoms with Crippen LogP contribution in [0.25, 0.3) is 10.9 Å². The zero-order valence-electron chi connectivity index (χ0n) is 22.3. The molecule has 3 aromatic rings. The van der Waals surface area contributed by atoms with Gasteiger partial charge in [0.1, 0.15) is 35.7 Å². The number of amides is 1. The molecule has 8 nitrogen and oxygen atoms in total. The molecule has 1 aromatic heterocycles. The van der Waals surface area contributed by atoms with Crippen LogP contribution < -0.4 is 15.6 Å². The smallest absolute Gasteiger partial charge is 0.271 e. The van der Waals surface area contributed by atoms with Gasteiger partial charge in [0.2, 0.25) is 5.43 Å². The van der Waals surface area contributed by atoms with Gasteiger partial charge in [-0.3, -0.25) is 19.9 Å². The van der Waals surface area contributed by atoms with Crippen molar-refractivity contribution >= 4 is 28.4 Å². The average Bonchev–Trinajstić information content (AvgIpc) is 3.47. The summed E-state index contributed by atoms with van der Waals surface area (Å²) in [6, 6.07) is 7.28. The number of carbonyl (C=O) groups is 1. The minimum absolute atomic E-state index is 0.0283. The van der Waals surface area contributed by atoms with E-state index in [-0.39, 0.29) is 34.4 Å². The molecule has 0 radical (unpaired) electrons. The van der Waals surface area contributed by atoms with Gasteiger partial charge in [0, 0.05) is 56.4 Å². The Morgan fingerprint density at radius 3 is 2.55 bits per heavy atom. The highest BCUT2D eigenvalue weighted by Crippen LogP contribution is 2.33. The van der Waals surface area contributed by atoms with Gasteiger partial charge in [-0.1, -0.05) is 30.5 Å². The predicted molar refractivity (Wildman–Crippen MR) is 149 cm³/mol. The number of aromatic nitrogens is 1. The number of pyridine rings is 1. The number of nitrogens with zero attached hydrogens (tertiary/aromatic N) is 3. The van der Waals surface area contributed by atoms with Crippen LogP contribution in [0.3, 0.4) is 0 Å². The van der Waals surface area contributed by atoms with Gasteiger partial charge in [0.15, 0.2) is 0 Å². The molecule has 1 aliphatic carbocycles. The molecule has 40 heavy (non-hydrogen) atoms. The molecule has 2 N–H and O–H groups in total. The number of hydrogen-bond acceptors (Lipinski definition) is 6. The maximum atomic E-state index is 14.3. The lowest BCUT2D eigenvalue weighted by Crippen LogP contribution is -2.55. The zero-order valence-corrected chi connectivity index (χ0v) is 23.1. The molecule has 0 spiro atoms. The lowest BCUT2D eigenvalue weighted by Gasteiger charge is -2.35. The first-order valence-corrected chi connectivity index (χ1v) is 14.0.